The van der Waals surface area contributed by atoms with Crippen molar-refractivity contribution in [2.45, 2.75) is 137 Å². The molecule has 2 fully saturated rings. The molecule has 0 radical (unpaired) electrons. The zero-order chi connectivity index (χ0) is 38.1. The van der Waals surface area contributed by atoms with Crippen molar-refractivity contribution >= 4 is 47.8 Å². The van der Waals surface area contributed by atoms with Crippen LogP contribution in [0.15, 0.2) is 0 Å². The van der Waals surface area contributed by atoms with Gasteiger partial charge in [0.15, 0.2) is 36.6 Å². The van der Waals surface area contributed by atoms with E-state index in [1.807, 2.05) is 0 Å². The van der Waals surface area contributed by atoms with Gasteiger partial charge in [-0.25, -0.2) is 0 Å². The van der Waals surface area contributed by atoms with Crippen LogP contribution in [-0.4, -0.2) is 122 Å². The highest BCUT2D eigenvalue weighted by molar-refractivity contribution is 5.75. The fraction of sp³-hybridized carbons (Fsp3) is 0.750. The van der Waals surface area contributed by atoms with E-state index in [1.54, 1.807) is 20.8 Å². The molecule has 2 rings (SSSR count). The Morgan fingerprint density at radius 1 is 0.420 bits per heavy atom. The minimum Gasteiger partial charge on any atom is -0.463 e. The Balaban J connectivity index is 2.72. The van der Waals surface area contributed by atoms with Crippen molar-refractivity contribution < 1.29 is 85.7 Å². The lowest BCUT2D eigenvalue weighted by molar-refractivity contribution is -0.277. The van der Waals surface area contributed by atoms with E-state index < -0.39 is 134 Å². The summed E-state index contributed by atoms with van der Waals surface area (Å²) < 4.78 is 56.0. The summed E-state index contributed by atoms with van der Waals surface area (Å²) in [6, 6.07) is 0. The highest BCUT2D eigenvalue weighted by atomic mass is 16.7. The maximum atomic E-state index is 12.7. The monoisotopic (exact) mass is 718 g/mol. The second kappa shape index (κ2) is 18.1. The summed E-state index contributed by atoms with van der Waals surface area (Å²) in [7, 11) is 0. The van der Waals surface area contributed by atoms with Gasteiger partial charge in [-0.05, 0) is 20.8 Å². The first-order valence-corrected chi connectivity index (χ1v) is 15.8. The number of hydrogen-bond donors (Lipinski definition) is 0. The second-order valence-electron chi connectivity index (χ2n) is 12.8. The summed E-state index contributed by atoms with van der Waals surface area (Å²) in [6.45, 7) is 11.3. The fourth-order valence-electron chi connectivity index (χ4n) is 5.42. The Labute approximate surface area is 288 Å². The van der Waals surface area contributed by atoms with Crippen molar-refractivity contribution in [3.63, 3.8) is 0 Å². The van der Waals surface area contributed by atoms with Crippen LogP contribution < -0.4 is 0 Å². The zero-order valence-corrected chi connectivity index (χ0v) is 29.7. The smallest absolute Gasteiger partial charge is 0.311 e. The summed E-state index contributed by atoms with van der Waals surface area (Å²) in [5, 5.41) is 0. The second-order valence-corrected chi connectivity index (χ2v) is 12.8. The SMILES string of the molecule is CC(=O)OC[C@H]1O[C@@H](C[C@@H]2O[C@H](COC(=O)C(C)(C)C)[C@@H](OC(C)=O)[C@H](OC(C)=O)[C@H]2OC(C)=O)[C@H](OC(C)=O)[C@@H](OC(C)=O)[C@@H]1OC(C)=O. The number of rotatable bonds is 12. The van der Waals surface area contributed by atoms with Gasteiger partial charge in [0.1, 0.15) is 37.6 Å². The van der Waals surface area contributed by atoms with Crippen LogP contribution in [0.4, 0.5) is 0 Å². The van der Waals surface area contributed by atoms with E-state index in [1.165, 1.54) is 0 Å². The average Bonchev–Trinajstić information content (AvgIpc) is 2.95. The molecular weight excluding hydrogens is 672 g/mol. The maximum absolute atomic E-state index is 12.7. The molecule has 0 amide bonds. The number of carbonyl (C=O) groups is 8. The molecule has 0 saturated carbocycles. The van der Waals surface area contributed by atoms with E-state index in [0.717, 1.165) is 48.5 Å². The van der Waals surface area contributed by atoms with E-state index in [-0.39, 0.29) is 0 Å². The van der Waals surface area contributed by atoms with Gasteiger partial charge in [-0.3, -0.25) is 38.4 Å². The van der Waals surface area contributed by atoms with E-state index in [4.69, 9.17) is 47.4 Å². The third-order valence-electron chi connectivity index (χ3n) is 7.18. The van der Waals surface area contributed by atoms with Gasteiger partial charge in [-0.1, -0.05) is 0 Å². The molecular formula is C32H46O18. The van der Waals surface area contributed by atoms with Gasteiger partial charge in [-0.15, -0.1) is 0 Å². The van der Waals surface area contributed by atoms with E-state index in [0.29, 0.717) is 0 Å². The molecule has 2 saturated heterocycles. The maximum Gasteiger partial charge on any atom is 0.311 e. The lowest BCUT2D eigenvalue weighted by Crippen LogP contribution is -2.66. The van der Waals surface area contributed by atoms with Gasteiger partial charge in [-0.2, -0.15) is 0 Å². The van der Waals surface area contributed by atoms with Crippen LogP contribution in [0.25, 0.3) is 0 Å². The third-order valence-corrected chi connectivity index (χ3v) is 7.18. The summed E-state index contributed by atoms with van der Waals surface area (Å²) in [5.41, 5.74) is -0.949. The van der Waals surface area contributed by atoms with E-state index in [2.05, 4.69) is 0 Å². The molecule has 0 aromatic rings. The largest absolute Gasteiger partial charge is 0.463 e. The quantitative estimate of drug-likeness (QED) is 0.199. The molecule has 0 spiro atoms. The minimum absolute atomic E-state index is 0.398. The van der Waals surface area contributed by atoms with Gasteiger partial charge < -0.3 is 47.4 Å². The Hall–Kier alpha value is -4.32. The molecule has 0 unspecified atom stereocenters. The van der Waals surface area contributed by atoms with Gasteiger partial charge in [0.25, 0.3) is 0 Å². The molecule has 0 aromatic heterocycles. The Morgan fingerprint density at radius 3 is 0.980 bits per heavy atom. The van der Waals surface area contributed by atoms with Crippen LogP contribution in [0.1, 0.15) is 75.7 Å². The molecule has 2 aliphatic heterocycles. The highest BCUT2D eigenvalue weighted by Crippen LogP contribution is 2.36. The van der Waals surface area contributed by atoms with Gasteiger partial charge in [0, 0.05) is 54.9 Å². The summed E-state index contributed by atoms with van der Waals surface area (Å²) >= 11 is 0. The Kier molecular flexibility index (Phi) is 15.1. The third kappa shape index (κ3) is 12.5. The predicted octanol–water partition coefficient (Wildman–Crippen LogP) is 0.654. The van der Waals surface area contributed by atoms with E-state index >= 15 is 0 Å². The van der Waals surface area contributed by atoms with Crippen molar-refractivity contribution in [3.8, 4) is 0 Å². The molecule has 282 valence electrons. The van der Waals surface area contributed by atoms with E-state index in [9.17, 15) is 38.4 Å². The predicted molar refractivity (Wildman–Crippen MR) is 162 cm³/mol. The lowest BCUT2D eigenvalue weighted by atomic mass is 9.86. The highest BCUT2D eigenvalue weighted by Gasteiger charge is 2.57. The van der Waals surface area contributed by atoms with Crippen LogP contribution in [-0.2, 0) is 85.7 Å². The van der Waals surface area contributed by atoms with Crippen LogP contribution in [0.3, 0.4) is 0 Å². The van der Waals surface area contributed by atoms with Crippen LogP contribution >= 0.6 is 0 Å². The normalized spacial score (nSPS) is 29.3. The molecule has 50 heavy (non-hydrogen) atoms. The molecule has 2 aliphatic rings. The zero-order valence-electron chi connectivity index (χ0n) is 29.7. The van der Waals surface area contributed by atoms with Crippen LogP contribution in [0, 0.1) is 5.41 Å². The summed E-state index contributed by atoms with van der Waals surface area (Å²) in [4.78, 5) is 98.2. The molecule has 10 atom stereocenters. The molecule has 0 aromatic carbocycles. The number of ether oxygens (including phenoxy) is 10. The number of carbonyl (C=O) groups excluding carboxylic acids is 8. The molecule has 2 heterocycles. The van der Waals surface area contributed by atoms with Gasteiger partial charge in [0.05, 0.1) is 5.41 Å². The number of hydrogen-bond acceptors (Lipinski definition) is 18. The standard InChI is InChI=1S/C32H46O18/c1-14(33)41-12-23-27(45-17(4)36)29(47-19(6)38)25(43-15(2)34)21(49-23)11-22-26(44-16(3)35)30(48-20(7)39)28(46-18(5)37)24(50-22)13-42-31(40)32(8,9)10/h21-30H,11-13H2,1-10H3/t21-,22-,23+,24+,25-,26-,27+,28+,29+,30+/m0/s1. The first kappa shape index (κ1) is 41.8. The fourth-order valence-corrected chi connectivity index (χ4v) is 5.42. The Bertz CT molecular complexity index is 1290. The molecule has 18 heteroatoms. The summed E-state index contributed by atoms with van der Waals surface area (Å²) in [6.07, 6.45) is -14.7. The van der Waals surface area contributed by atoms with Crippen molar-refractivity contribution in [1.82, 2.24) is 0 Å². The first-order valence-electron chi connectivity index (χ1n) is 15.8. The van der Waals surface area contributed by atoms with Gasteiger partial charge in [0.2, 0.25) is 0 Å². The summed E-state index contributed by atoms with van der Waals surface area (Å²) in [5.74, 6) is -6.47. The van der Waals surface area contributed by atoms with Crippen LogP contribution in [0.2, 0.25) is 0 Å². The average molecular weight is 719 g/mol. The van der Waals surface area contributed by atoms with Crippen molar-refractivity contribution in [2.75, 3.05) is 13.2 Å². The molecule has 0 bridgehead atoms. The topological polar surface area (TPSA) is 229 Å². The lowest BCUT2D eigenvalue weighted by Gasteiger charge is -2.48. The van der Waals surface area contributed by atoms with Crippen molar-refractivity contribution in [2.24, 2.45) is 5.41 Å². The van der Waals surface area contributed by atoms with Gasteiger partial charge >= 0.3 is 47.8 Å². The molecule has 0 aliphatic carbocycles. The van der Waals surface area contributed by atoms with Crippen molar-refractivity contribution in [1.29, 1.82) is 0 Å². The van der Waals surface area contributed by atoms with Crippen molar-refractivity contribution in [3.05, 3.63) is 0 Å². The van der Waals surface area contributed by atoms with Crippen LogP contribution in [0.5, 0.6) is 0 Å². The first-order chi connectivity index (χ1) is 23.1. The number of esters is 8. The molecule has 18 nitrogen and oxygen atoms in total. The minimum atomic E-state index is -1.52. The Morgan fingerprint density at radius 2 is 0.700 bits per heavy atom. The molecule has 0 N–H and O–H groups in total.